The molecule has 0 fully saturated rings. The van der Waals surface area contributed by atoms with E-state index in [4.69, 9.17) is 0 Å². The maximum atomic E-state index is 12.1. The van der Waals surface area contributed by atoms with Gasteiger partial charge >= 0.3 is 0 Å². The number of carbonyl (C=O) groups excluding carboxylic acids is 1. The van der Waals surface area contributed by atoms with Crippen molar-refractivity contribution in [3.8, 4) is 0 Å². The van der Waals surface area contributed by atoms with E-state index < -0.39 is 0 Å². The summed E-state index contributed by atoms with van der Waals surface area (Å²) in [7, 11) is 0. The lowest BCUT2D eigenvalue weighted by atomic mass is 10.1. The van der Waals surface area contributed by atoms with Crippen LogP contribution in [0.4, 0.5) is 11.4 Å². The van der Waals surface area contributed by atoms with E-state index in [2.05, 4.69) is 59.5 Å². The second-order valence-electron chi connectivity index (χ2n) is 5.64. The Morgan fingerprint density at radius 3 is 2.23 bits per heavy atom. The van der Waals surface area contributed by atoms with Gasteiger partial charge in [0.2, 0.25) is 5.91 Å². The average Bonchev–Trinajstić information content (AvgIpc) is 2.41. The zero-order valence-electron chi connectivity index (χ0n) is 13.4. The fourth-order valence-electron chi connectivity index (χ4n) is 2.56. The van der Waals surface area contributed by atoms with E-state index in [1.165, 1.54) is 5.56 Å². The fourth-order valence-corrected chi connectivity index (χ4v) is 2.80. The molecule has 2 aromatic carbocycles. The van der Waals surface area contributed by atoms with Crippen LogP contribution in [0.2, 0.25) is 0 Å². The number of benzene rings is 2. The van der Waals surface area contributed by atoms with Crippen LogP contribution in [0.25, 0.3) is 0 Å². The van der Waals surface area contributed by atoms with Crippen molar-refractivity contribution >= 4 is 33.2 Å². The molecule has 22 heavy (non-hydrogen) atoms. The van der Waals surface area contributed by atoms with Gasteiger partial charge in [-0.25, -0.2) is 0 Å². The van der Waals surface area contributed by atoms with Crippen LogP contribution >= 0.6 is 15.9 Å². The van der Waals surface area contributed by atoms with Crippen LogP contribution in [-0.2, 0) is 4.79 Å². The highest BCUT2D eigenvalue weighted by Crippen LogP contribution is 2.22. The van der Waals surface area contributed by atoms with E-state index in [0.717, 1.165) is 32.5 Å². The van der Waals surface area contributed by atoms with Crippen molar-refractivity contribution in [1.82, 2.24) is 0 Å². The number of carbonyl (C=O) groups is 1. The third-order valence-corrected chi connectivity index (χ3v) is 4.43. The first-order valence-electron chi connectivity index (χ1n) is 7.24. The normalized spacial score (nSPS) is 10.4. The molecule has 0 unspecified atom stereocenters. The van der Waals surface area contributed by atoms with Crippen LogP contribution in [0.5, 0.6) is 0 Å². The first-order valence-corrected chi connectivity index (χ1v) is 8.04. The van der Waals surface area contributed by atoms with Crippen molar-refractivity contribution in [1.29, 1.82) is 0 Å². The van der Waals surface area contributed by atoms with Crippen LogP contribution in [0, 0.1) is 27.7 Å². The SMILES string of the molecule is Cc1cc(C)c(NCC(=O)Nc2ccc(Br)c(C)c2)c(C)c1. The van der Waals surface area contributed by atoms with Gasteiger partial charge in [0.25, 0.3) is 0 Å². The van der Waals surface area contributed by atoms with Gasteiger partial charge in [-0.05, 0) is 62.6 Å². The van der Waals surface area contributed by atoms with Gasteiger partial charge in [-0.2, -0.15) is 0 Å². The summed E-state index contributed by atoms with van der Waals surface area (Å²) >= 11 is 3.45. The molecule has 2 N–H and O–H groups in total. The highest BCUT2D eigenvalue weighted by atomic mass is 79.9. The minimum absolute atomic E-state index is 0.0545. The van der Waals surface area contributed by atoms with Crippen molar-refractivity contribution in [3.63, 3.8) is 0 Å². The van der Waals surface area contributed by atoms with Crippen LogP contribution in [0.3, 0.4) is 0 Å². The molecule has 0 aliphatic heterocycles. The highest BCUT2D eigenvalue weighted by Gasteiger charge is 2.07. The third kappa shape index (κ3) is 4.10. The quantitative estimate of drug-likeness (QED) is 0.826. The Kier molecular flexibility index (Phi) is 5.24. The molecule has 116 valence electrons. The summed E-state index contributed by atoms with van der Waals surface area (Å²) in [6.07, 6.45) is 0. The maximum Gasteiger partial charge on any atom is 0.243 e. The average molecular weight is 361 g/mol. The molecule has 0 aliphatic carbocycles. The second kappa shape index (κ2) is 6.97. The lowest BCUT2D eigenvalue weighted by Gasteiger charge is -2.14. The van der Waals surface area contributed by atoms with Gasteiger partial charge in [0, 0.05) is 15.8 Å². The maximum absolute atomic E-state index is 12.1. The van der Waals surface area contributed by atoms with Gasteiger partial charge in [0.15, 0.2) is 0 Å². The van der Waals surface area contributed by atoms with Gasteiger partial charge in [0.05, 0.1) is 6.54 Å². The molecule has 0 saturated heterocycles. The van der Waals surface area contributed by atoms with E-state index >= 15 is 0 Å². The number of amides is 1. The van der Waals surface area contributed by atoms with Crippen LogP contribution in [0.15, 0.2) is 34.8 Å². The number of aryl methyl sites for hydroxylation is 4. The molecule has 0 atom stereocenters. The monoisotopic (exact) mass is 360 g/mol. The highest BCUT2D eigenvalue weighted by molar-refractivity contribution is 9.10. The summed E-state index contributed by atoms with van der Waals surface area (Å²) in [5.74, 6) is -0.0545. The Morgan fingerprint density at radius 1 is 1.00 bits per heavy atom. The Balaban J connectivity index is 2.00. The van der Waals surface area contributed by atoms with E-state index in [1.807, 2.05) is 25.1 Å². The summed E-state index contributed by atoms with van der Waals surface area (Å²) in [6.45, 7) is 8.43. The summed E-state index contributed by atoms with van der Waals surface area (Å²) in [4.78, 5) is 12.1. The largest absolute Gasteiger partial charge is 0.376 e. The number of hydrogen-bond acceptors (Lipinski definition) is 2. The Hall–Kier alpha value is -1.81. The second-order valence-corrected chi connectivity index (χ2v) is 6.49. The topological polar surface area (TPSA) is 41.1 Å². The summed E-state index contributed by atoms with van der Waals surface area (Å²) < 4.78 is 1.04. The minimum Gasteiger partial charge on any atom is -0.376 e. The van der Waals surface area contributed by atoms with Crippen molar-refractivity contribution < 1.29 is 4.79 Å². The zero-order chi connectivity index (χ0) is 16.3. The fraction of sp³-hybridized carbons (Fsp3) is 0.278. The van der Waals surface area contributed by atoms with Crippen molar-refractivity contribution in [3.05, 3.63) is 57.1 Å². The van der Waals surface area contributed by atoms with Gasteiger partial charge < -0.3 is 10.6 Å². The molecule has 0 aromatic heterocycles. The Morgan fingerprint density at radius 2 is 1.64 bits per heavy atom. The lowest BCUT2D eigenvalue weighted by Crippen LogP contribution is -2.22. The molecule has 2 rings (SSSR count). The zero-order valence-corrected chi connectivity index (χ0v) is 15.0. The standard InChI is InChI=1S/C18H21BrN2O/c1-11-7-13(3)18(14(4)8-11)20-10-17(22)21-15-5-6-16(19)12(2)9-15/h5-9,20H,10H2,1-4H3,(H,21,22). The molecule has 0 radical (unpaired) electrons. The van der Waals surface area contributed by atoms with E-state index in [-0.39, 0.29) is 12.5 Å². The minimum atomic E-state index is -0.0545. The van der Waals surface area contributed by atoms with Gasteiger partial charge in [-0.1, -0.05) is 33.6 Å². The van der Waals surface area contributed by atoms with Crippen LogP contribution in [0.1, 0.15) is 22.3 Å². The molecule has 1 amide bonds. The van der Waals surface area contributed by atoms with E-state index in [1.54, 1.807) is 0 Å². The predicted octanol–water partition coefficient (Wildman–Crippen LogP) is 4.73. The van der Waals surface area contributed by atoms with Crippen molar-refractivity contribution in [2.75, 3.05) is 17.2 Å². The first kappa shape index (κ1) is 16.6. The Bertz CT molecular complexity index is 687. The number of rotatable bonds is 4. The summed E-state index contributed by atoms with van der Waals surface area (Å²) in [5, 5.41) is 6.14. The lowest BCUT2D eigenvalue weighted by molar-refractivity contribution is -0.114. The summed E-state index contributed by atoms with van der Waals surface area (Å²) in [5.41, 5.74) is 6.48. The van der Waals surface area contributed by atoms with Crippen molar-refractivity contribution in [2.24, 2.45) is 0 Å². The van der Waals surface area contributed by atoms with Crippen molar-refractivity contribution in [2.45, 2.75) is 27.7 Å². The molecular weight excluding hydrogens is 340 g/mol. The number of hydrogen-bond donors (Lipinski definition) is 2. The molecule has 0 spiro atoms. The van der Waals surface area contributed by atoms with Gasteiger partial charge in [-0.3, -0.25) is 4.79 Å². The molecule has 0 saturated carbocycles. The predicted molar refractivity (Wildman–Crippen MR) is 96.7 cm³/mol. The first-order chi connectivity index (χ1) is 10.4. The van der Waals surface area contributed by atoms with Crippen LogP contribution < -0.4 is 10.6 Å². The molecular formula is C18H21BrN2O. The van der Waals surface area contributed by atoms with E-state index in [0.29, 0.717) is 0 Å². The molecule has 2 aromatic rings. The number of anilines is 2. The van der Waals surface area contributed by atoms with E-state index in [9.17, 15) is 4.79 Å². The van der Waals surface area contributed by atoms with Gasteiger partial charge in [-0.15, -0.1) is 0 Å². The molecule has 0 aliphatic rings. The molecule has 0 heterocycles. The number of halogens is 1. The Labute approximate surface area is 140 Å². The third-order valence-electron chi connectivity index (χ3n) is 3.54. The number of nitrogens with one attached hydrogen (secondary N) is 2. The molecule has 0 bridgehead atoms. The summed E-state index contributed by atoms with van der Waals surface area (Å²) in [6, 6.07) is 10.0. The smallest absolute Gasteiger partial charge is 0.243 e. The van der Waals surface area contributed by atoms with Gasteiger partial charge in [0.1, 0.15) is 0 Å². The molecule has 4 heteroatoms. The van der Waals surface area contributed by atoms with Crippen LogP contribution in [-0.4, -0.2) is 12.5 Å². The molecule has 3 nitrogen and oxygen atoms in total.